The van der Waals surface area contributed by atoms with Crippen molar-refractivity contribution in [1.82, 2.24) is 25.1 Å². The molecule has 1 saturated heterocycles. The van der Waals surface area contributed by atoms with E-state index in [0.717, 1.165) is 44.6 Å². The van der Waals surface area contributed by atoms with Crippen LogP contribution in [-0.4, -0.2) is 76.4 Å². The lowest BCUT2D eigenvalue weighted by Gasteiger charge is -2.30. The molecule has 0 saturated carbocycles. The van der Waals surface area contributed by atoms with Crippen LogP contribution in [0.25, 0.3) is 0 Å². The summed E-state index contributed by atoms with van der Waals surface area (Å²) in [4.78, 5) is 32.0. The Bertz CT molecular complexity index is 1050. The van der Waals surface area contributed by atoms with Crippen LogP contribution in [0.15, 0.2) is 30.5 Å². The van der Waals surface area contributed by atoms with Crippen molar-refractivity contribution in [2.24, 2.45) is 5.92 Å². The number of β-amino-alcohol motifs (C(OH)–C–C–N with tert-alkyl or cyclic N) is 1. The number of aromatic nitrogens is 2. The number of nitrogens with zero attached hydrogens (tertiary/aromatic N) is 3. The Morgan fingerprint density at radius 3 is 2.77 bits per heavy atom. The maximum absolute atomic E-state index is 12.7. The second-order valence-corrected chi connectivity index (χ2v) is 9.94. The highest BCUT2D eigenvalue weighted by Gasteiger charge is 2.27. The molecule has 188 valence electrons. The second kappa shape index (κ2) is 10.9. The third-order valence-electron chi connectivity index (χ3n) is 7.34. The number of aryl methyl sites for hydroxylation is 1. The molecule has 5 rings (SSSR count). The lowest BCUT2D eigenvalue weighted by molar-refractivity contribution is -0.128. The SMILES string of the molecule is O=C(NCC(O)CN1CCc2ccccc2C1)c1cn2c(n1)CCC(NC(=O)C1CCOCC1)C2. The number of amides is 2. The summed E-state index contributed by atoms with van der Waals surface area (Å²) in [7, 11) is 0. The van der Waals surface area contributed by atoms with E-state index in [9.17, 15) is 14.7 Å². The fourth-order valence-electron chi connectivity index (χ4n) is 5.32. The van der Waals surface area contributed by atoms with Crippen LogP contribution < -0.4 is 10.6 Å². The van der Waals surface area contributed by atoms with Crippen molar-refractivity contribution in [3.63, 3.8) is 0 Å². The van der Waals surface area contributed by atoms with E-state index in [0.29, 0.717) is 38.4 Å². The number of hydrogen-bond donors (Lipinski definition) is 3. The number of ether oxygens (including phenoxy) is 1. The number of aliphatic hydroxyl groups is 1. The molecule has 3 aliphatic rings. The summed E-state index contributed by atoms with van der Waals surface area (Å²) < 4.78 is 7.32. The highest BCUT2D eigenvalue weighted by molar-refractivity contribution is 5.92. The van der Waals surface area contributed by atoms with E-state index in [4.69, 9.17) is 4.74 Å². The van der Waals surface area contributed by atoms with Gasteiger partial charge in [-0.05, 0) is 36.8 Å². The van der Waals surface area contributed by atoms with Gasteiger partial charge in [-0.1, -0.05) is 24.3 Å². The van der Waals surface area contributed by atoms with Gasteiger partial charge in [0.15, 0.2) is 0 Å². The van der Waals surface area contributed by atoms with Crippen LogP contribution in [0.4, 0.5) is 0 Å². The molecule has 2 atom stereocenters. The van der Waals surface area contributed by atoms with E-state index >= 15 is 0 Å². The molecule has 4 heterocycles. The van der Waals surface area contributed by atoms with Gasteiger partial charge < -0.3 is 25.0 Å². The predicted octanol–water partition coefficient (Wildman–Crippen LogP) is 0.890. The normalized spacial score (nSPS) is 21.6. The molecule has 1 aromatic heterocycles. The molecule has 0 aliphatic carbocycles. The Balaban J connectivity index is 1.08. The fraction of sp³-hybridized carbons (Fsp3) is 0.577. The van der Waals surface area contributed by atoms with Gasteiger partial charge in [0.1, 0.15) is 11.5 Å². The monoisotopic (exact) mass is 481 g/mol. The van der Waals surface area contributed by atoms with Gasteiger partial charge in [-0.3, -0.25) is 14.5 Å². The molecule has 3 aliphatic heterocycles. The van der Waals surface area contributed by atoms with E-state index in [-0.39, 0.29) is 30.3 Å². The zero-order valence-electron chi connectivity index (χ0n) is 20.1. The molecule has 2 unspecified atom stereocenters. The Hall–Kier alpha value is -2.75. The Morgan fingerprint density at radius 1 is 1.14 bits per heavy atom. The van der Waals surface area contributed by atoms with Crippen molar-refractivity contribution in [3.05, 3.63) is 53.1 Å². The molecule has 35 heavy (non-hydrogen) atoms. The van der Waals surface area contributed by atoms with Crippen LogP contribution in [0, 0.1) is 5.92 Å². The van der Waals surface area contributed by atoms with Gasteiger partial charge in [0.2, 0.25) is 5.91 Å². The molecule has 1 fully saturated rings. The molecular formula is C26H35N5O4. The summed E-state index contributed by atoms with van der Waals surface area (Å²) in [6, 6.07) is 8.45. The fourth-order valence-corrected chi connectivity index (χ4v) is 5.32. The molecular weight excluding hydrogens is 446 g/mol. The maximum atomic E-state index is 12.7. The number of imidazole rings is 1. The highest BCUT2D eigenvalue weighted by Crippen LogP contribution is 2.20. The van der Waals surface area contributed by atoms with Gasteiger partial charge in [0, 0.05) is 70.5 Å². The smallest absolute Gasteiger partial charge is 0.271 e. The van der Waals surface area contributed by atoms with Crippen molar-refractivity contribution in [3.8, 4) is 0 Å². The summed E-state index contributed by atoms with van der Waals surface area (Å²) in [5.74, 6) is 0.711. The van der Waals surface area contributed by atoms with Crippen molar-refractivity contribution in [1.29, 1.82) is 0 Å². The minimum Gasteiger partial charge on any atom is -0.390 e. The molecule has 9 nitrogen and oxygen atoms in total. The minimum absolute atomic E-state index is 0.0281. The number of aliphatic hydroxyl groups excluding tert-OH is 1. The summed E-state index contributed by atoms with van der Waals surface area (Å²) >= 11 is 0. The lowest BCUT2D eigenvalue weighted by Crippen LogP contribution is -2.44. The van der Waals surface area contributed by atoms with E-state index < -0.39 is 6.10 Å². The van der Waals surface area contributed by atoms with Crippen LogP contribution in [0.1, 0.15) is 46.7 Å². The quantitative estimate of drug-likeness (QED) is 0.542. The Morgan fingerprint density at radius 2 is 1.94 bits per heavy atom. The van der Waals surface area contributed by atoms with Crippen molar-refractivity contribution >= 4 is 11.8 Å². The van der Waals surface area contributed by atoms with Gasteiger partial charge >= 0.3 is 0 Å². The molecule has 0 bridgehead atoms. The van der Waals surface area contributed by atoms with Crippen molar-refractivity contribution in [2.45, 2.75) is 57.3 Å². The molecule has 3 N–H and O–H groups in total. The number of nitrogens with one attached hydrogen (secondary N) is 2. The number of benzene rings is 1. The van der Waals surface area contributed by atoms with Crippen LogP contribution in [0.5, 0.6) is 0 Å². The third kappa shape index (κ3) is 5.91. The van der Waals surface area contributed by atoms with Gasteiger partial charge in [-0.2, -0.15) is 0 Å². The predicted molar refractivity (Wildman–Crippen MR) is 130 cm³/mol. The third-order valence-corrected chi connectivity index (χ3v) is 7.34. The lowest BCUT2D eigenvalue weighted by atomic mass is 9.98. The first-order valence-corrected chi connectivity index (χ1v) is 12.7. The van der Waals surface area contributed by atoms with Gasteiger partial charge in [0.25, 0.3) is 5.91 Å². The van der Waals surface area contributed by atoms with Crippen LogP contribution in [0.3, 0.4) is 0 Å². The first-order valence-electron chi connectivity index (χ1n) is 12.7. The molecule has 0 radical (unpaired) electrons. The van der Waals surface area contributed by atoms with E-state index in [1.165, 1.54) is 11.1 Å². The minimum atomic E-state index is -0.647. The van der Waals surface area contributed by atoms with E-state index in [2.05, 4.69) is 38.7 Å². The highest BCUT2D eigenvalue weighted by atomic mass is 16.5. The van der Waals surface area contributed by atoms with Crippen LogP contribution in [-0.2, 0) is 35.5 Å². The van der Waals surface area contributed by atoms with Crippen LogP contribution in [0.2, 0.25) is 0 Å². The standard InChI is InChI=1S/C26H35N5O4/c32-22(16-30-10-7-18-3-1-2-4-20(18)14-30)13-27-26(34)23-17-31-15-21(5-6-24(31)29-23)28-25(33)19-8-11-35-12-9-19/h1-4,17,19,21-22,32H,5-16H2,(H,27,34)(H,28,33). The number of rotatable bonds is 7. The Labute approximate surface area is 205 Å². The maximum Gasteiger partial charge on any atom is 0.271 e. The number of carbonyl (C=O) groups excluding carboxylic acids is 2. The molecule has 1 aromatic carbocycles. The van der Waals surface area contributed by atoms with Gasteiger partial charge in [0.05, 0.1) is 6.10 Å². The number of fused-ring (bicyclic) bond motifs is 2. The first-order chi connectivity index (χ1) is 17.0. The summed E-state index contributed by atoms with van der Waals surface area (Å²) in [5, 5.41) is 16.5. The summed E-state index contributed by atoms with van der Waals surface area (Å²) in [6.07, 6.45) is 5.16. The first kappa shape index (κ1) is 24.0. The van der Waals surface area contributed by atoms with Crippen molar-refractivity contribution in [2.75, 3.05) is 32.8 Å². The van der Waals surface area contributed by atoms with E-state index in [1.807, 2.05) is 10.6 Å². The summed E-state index contributed by atoms with van der Waals surface area (Å²) in [5.41, 5.74) is 3.04. The molecule has 0 spiro atoms. The largest absolute Gasteiger partial charge is 0.390 e. The summed E-state index contributed by atoms with van der Waals surface area (Å²) in [6.45, 7) is 4.33. The average Bonchev–Trinajstić information content (AvgIpc) is 3.31. The zero-order valence-corrected chi connectivity index (χ0v) is 20.1. The zero-order chi connectivity index (χ0) is 24.2. The molecule has 2 aromatic rings. The number of carbonyl (C=O) groups is 2. The molecule has 2 amide bonds. The van der Waals surface area contributed by atoms with Crippen molar-refractivity contribution < 1.29 is 19.4 Å². The molecule has 9 heteroatoms. The van der Waals surface area contributed by atoms with Gasteiger partial charge in [-0.25, -0.2) is 4.98 Å². The topological polar surface area (TPSA) is 109 Å². The number of hydrogen-bond acceptors (Lipinski definition) is 6. The van der Waals surface area contributed by atoms with Crippen LogP contribution >= 0.6 is 0 Å². The second-order valence-electron chi connectivity index (χ2n) is 9.94. The Kier molecular flexibility index (Phi) is 7.46. The van der Waals surface area contributed by atoms with E-state index in [1.54, 1.807) is 6.20 Å². The van der Waals surface area contributed by atoms with Gasteiger partial charge in [-0.15, -0.1) is 0 Å². The average molecular weight is 482 g/mol.